The third-order valence-corrected chi connectivity index (χ3v) is 10.7. The summed E-state index contributed by atoms with van der Waals surface area (Å²) in [5, 5.41) is 27.7. The summed E-state index contributed by atoms with van der Waals surface area (Å²) in [7, 11) is -1.53. The molecule has 4 aromatic carbocycles. The Morgan fingerprint density at radius 3 is 1.39 bits per heavy atom. The predicted octanol–water partition coefficient (Wildman–Crippen LogP) is 4.00. The maximum atomic E-state index is 13.9. The van der Waals surface area contributed by atoms with Gasteiger partial charge in [-0.2, -0.15) is 0 Å². The van der Waals surface area contributed by atoms with Crippen LogP contribution in [0.15, 0.2) is 109 Å². The maximum Gasteiger partial charge on any atom is 0.224 e. The Balaban J connectivity index is 1.19. The molecule has 0 saturated heterocycles. The number of rotatable bonds is 12. The van der Waals surface area contributed by atoms with Crippen LogP contribution in [-0.4, -0.2) is 49.9 Å². The summed E-state index contributed by atoms with van der Waals surface area (Å²) in [6.07, 6.45) is 0.214. The molecule has 0 saturated carbocycles. The molecule has 8 heteroatoms. The quantitative estimate of drug-likeness (QED) is 0.188. The predicted molar refractivity (Wildman–Crippen MR) is 179 cm³/mol. The Morgan fingerprint density at radius 2 is 0.978 bits per heavy atom. The smallest absolute Gasteiger partial charge is 0.224 e. The molecule has 6 atom stereocenters. The molecule has 4 aromatic rings. The average Bonchev–Trinajstić information content (AvgIpc) is 3.55. The molecule has 0 unspecified atom stereocenters. The first-order valence-corrected chi connectivity index (χ1v) is 17.4. The lowest BCUT2D eigenvalue weighted by Gasteiger charge is -2.25. The van der Waals surface area contributed by atoms with Crippen molar-refractivity contribution in [3.8, 4) is 0 Å². The minimum atomic E-state index is -1.53. The normalized spacial score (nSPS) is 21.3. The van der Waals surface area contributed by atoms with E-state index in [2.05, 4.69) is 10.6 Å². The van der Waals surface area contributed by atoms with Gasteiger partial charge in [-0.3, -0.25) is 13.8 Å². The number of fused-ring (bicyclic) bond motifs is 2. The molecule has 0 heterocycles. The van der Waals surface area contributed by atoms with Crippen molar-refractivity contribution in [3.05, 3.63) is 143 Å². The van der Waals surface area contributed by atoms with E-state index >= 15 is 0 Å². The zero-order chi connectivity index (χ0) is 32.0. The van der Waals surface area contributed by atoms with E-state index in [9.17, 15) is 24.0 Å². The van der Waals surface area contributed by atoms with Gasteiger partial charge in [-0.25, -0.2) is 0 Å². The molecular formula is C38H40N2O5S. The Morgan fingerprint density at radius 1 is 0.609 bits per heavy atom. The standard InChI is InChI=1S/C38H40N2O5S/c41-33-21-27-15-7-9-17-31(27)35(33)39-37(43)29(19-25-11-3-1-4-12-25)23-46(45)24-30(20-26-13-5-2-6-14-26)38(44)40-36-32-18-10-8-16-28(32)22-34(36)42/h1-18,29-30,33-36,41-42H,19-24H2,(H,39,43)(H,40,44)/t29-,30-,33-,34-,35+,36+/m1/s1. The summed E-state index contributed by atoms with van der Waals surface area (Å²) in [4.78, 5) is 27.6. The molecular weight excluding hydrogens is 596 g/mol. The van der Waals surface area contributed by atoms with Gasteiger partial charge < -0.3 is 20.8 Å². The molecule has 0 radical (unpaired) electrons. The second-order valence-electron chi connectivity index (χ2n) is 12.5. The molecule has 4 N–H and O–H groups in total. The van der Waals surface area contributed by atoms with Gasteiger partial charge in [-0.05, 0) is 46.2 Å². The number of hydrogen-bond donors (Lipinski definition) is 4. The number of carbonyl (C=O) groups is 2. The van der Waals surface area contributed by atoms with Crippen LogP contribution in [0.3, 0.4) is 0 Å². The van der Waals surface area contributed by atoms with Crippen molar-refractivity contribution in [2.24, 2.45) is 11.8 Å². The van der Waals surface area contributed by atoms with Crippen molar-refractivity contribution >= 4 is 22.6 Å². The first kappa shape index (κ1) is 31.9. The van der Waals surface area contributed by atoms with Crippen molar-refractivity contribution in [2.75, 3.05) is 11.5 Å². The lowest BCUT2D eigenvalue weighted by Crippen LogP contribution is -2.42. The molecule has 238 valence electrons. The first-order valence-electron chi connectivity index (χ1n) is 15.9. The average molecular weight is 637 g/mol. The molecule has 0 fully saturated rings. The molecule has 0 spiro atoms. The fourth-order valence-electron chi connectivity index (χ4n) is 6.81. The summed E-state index contributed by atoms with van der Waals surface area (Å²) in [5.74, 6) is -1.67. The Hall–Kier alpha value is -4.11. The van der Waals surface area contributed by atoms with E-state index in [1.165, 1.54) is 0 Å². The number of aliphatic hydroxyl groups excluding tert-OH is 2. The van der Waals surface area contributed by atoms with Crippen LogP contribution in [0, 0.1) is 11.8 Å². The van der Waals surface area contributed by atoms with E-state index < -0.39 is 46.9 Å². The Kier molecular flexibility index (Phi) is 10.1. The number of aliphatic hydroxyl groups is 2. The van der Waals surface area contributed by atoms with Crippen LogP contribution in [0.2, 0.25) is 0 Å². The second-order valence-corrected chi connectivity index (χ2v) is 14.0. The summed E-state index contributed by atoms with van der Waals surface area (Å²) >= 11 is 0. The first-order chi connectivity index (χ1) is 22.4. The van der Waals surface area contributed by atoms with Gasteiger partial charge in [-0.1, -0.05) is 109 Å². The van der Waals surface area contributed by atoms with Crippen molar-refractivity contribution in [3.63, 3.8) is 0 Å². The van der Waals surface area contributed by atoms with Gasteiger partial charge in [0.15, 0.2) is 0 Å². The largest absolute Gasteiger partial charge is 0.390 e. The van der Waals surface area contributed by atoms with Crippen molar-refractivity contribution in [1.82, 2.24) is 10.6 Å². The summed E-state index contributed by atoms with van der Waals surface area (Å²) in [6, 6.07) is 33.6. The minimum Gasteiger partial charge on any atom is -0.390 e. The molecule has 2 aliphatic rings. The number of carbonyl (C=O) groups excluding carboxylic acids is 2. The molecule has 0 bridgehead atoms. The van der Waals surface area contributed by atoms with Crippen LogP contribution in [-0.2, 0) is 46.1 Å². The molecule has 46 heavy (non-hydrogen) atoms. The van der Waals surface area contributed by atoms with Crippen molar-refractivity contribution in [2.45, 2.75) is 50.0 Å². The van der Waals surface area contributed by atoms with Crippen LogP contribution in [0.1, 0.15) is 45.5 Å². The highest BCUT2D eigenvalue weighted by atomic mass is 32.2. The number of nitrogens with one attached hydrogen (secondary N) is 2. The number of amides is 2. The van der Waals surface area contributed by atoms with E-state index in [0.717, 1.165) is 33.4 Å². The van der Waals surface area contributed by atoms with Gasteiger partial charge in [0.25, 0.3) is 0 Å². The minimum absolute atomic E-state index is 0.0681. The molecule has 2 aliphatic carbocycles. The maximum absolute atomic E-state index is 13.9. The fourth-order valence-corrected chi connectivity index (χ4v) is 8.38. The molecule has 0 aliphatic heterocycles. The van der Waals surface area contributed by atoms with Gasteiger partial charge in [0, 0.05) is 35.1 Å². The van der Waals surface area contributed by atoms with Gasteiger partial charge in [-0.15, -0.1) is 0 Å². The van der Waals surface area contributed by atoms with Gasteiger partial charge in [0.05, 0.1) is 36.1 Å². The summed E-state index contributed by atoms with van der Waals surface area (Å²) < 4.78 is 13.9. The van der Waals surface area contributed by atoms with Crippen LogP contribution >= 0.6 is 0 Å². The van der Waals surface area contributed by atoms with E-state index in [-0.39, 0.29) is 23.3 Å². The van der Waals surface area contributed by atoms with E-state index in [1.807, 2.05) is 109 Å². The monoisotopic (exact) mass is 636 g/mol. The highest BCUT2D eigenvalue weighted by Gasteiger charge is 2.36. The molecule has 7 nitrogen and oxygen atoms in total. The van der Waals surface area contributed by atoms with E-state index in [0.29, 0.717) is 25.7 Å². The zero-order valence-electron chi connectivity index (χ0n) is 25.6. The van der Waals surface area contributed by atoms with Crippen LogP contribution in [0.5, 0.6) is 0 Å². The fraction of sp³-hybridized carbons (Fsp3) is 0.316. The van der Waals surface area contributed by atoms with Crippen molar-refractivity contribution in [1.29, 1.82) is 0 Å². The van der Waals surface area contributed by atoms with Gasteiger partial charge in [0.2, 0.25) is 11.8 Å². The van der Waals surface area contributed by atoms with Crippen LogP contribution in [0.25, 0.3) is 0 Å². The van der Waals surface area contributed by atoms with E-state index in [1.54, 1.807) is 0 Å². The summed E-state index contributed by atoms with van der Waals surface area (Å²) in [5.41, 5.74) is 5.71. The topological polar surface area (TPSA) is 116 Å². The van der Waals surface area contributed by atoms with Crippen LogP contribution in [0.4, 0.5) is 0 Å². The third-order valence-electron chi connectivity index (χ3n) is 9.17. The SMILES string of the molecule is O=C(N[C@H]1c2ccccc2C[C@H]1O)[C@H](Cc1ccccc1)CS(=O)C[C@@H](Cc1ccccc1)C(=O)N[C@H]1c2ccccc2C[C@H]1O. The Labute approximate surface area is 272 Å². The van der Waals surface area contributed by atoms with Crippen LogP contribution < -0.4 is 10.6 Å². The van der Waals surface area contributed by atoms with Gasteiger partial charge >= 0.3 is 0 Å². The third kappa shape index (κ3) is 7.47. The summed E-state index contributed by atoms with van der Waals surface area (Å²) in [6.45, 7) is 0. The lowest BCUT2D eigenvalue weighted by molar-refractivity contribution is -0.126. The molecule has 2 amide bonds. The van der Waals surface area contributed by atoms with Gasteiger partial charge in [0.1, 0.15) is 0 Å². The lowest BCUT2D eigenvalue weighted by atomic mass is 9.98. The highest BCUT2D eigenvalue weighted by Crippen LogP contribution is 2.33. The highest BCUT2D eigenvalue weighted by molar-refractivity contribution is 7.85. The van der Waals surface area contributed by atoms with Crippen molar-refractivity contribution < 1.29 is 24.0 Å². The number of benzene rings is 4. The van der Waals surface area contributed by atoms with E-state index in [4.69, 9.17) is 0 Å². The molecule has 6 rings (SSSR count). The Bertz CT molecular complexity index is 1560. The zero-order valence-corrected chi connectivity index (χ0v) is 26.4. The number of hydrogen-bond acceptors (Lipinski definition) is 5. The second kappa shape index (κ2) is 14.5. The molecule has 0 aromatic heterocycles.